The van der Waals surface area contributed by atoms with Crippen LogP contribution in [0, 0.1) is 0 Å². The highest BCUT2D eigenvalue weighted by Crippen LogP contribution is 2.26. The number of carbonyl (C=O) groups is 2. The lowest BCUT2D eigenvalue weighted by molar-refractivity contribution is -0.145. The van der Waals surface area contributed by atoms with Gasteiger partial charge >= 0.3 is 5.97 Å². The van der Waals surface area contributed by atoms with Crippen molar-refractivity contribution in [2.75, 3.05) is 0 Å². The van der Waals surface area contributed by atoms with Crippen molar-refractivity contribution >= 4 is 23.9 Å². The van der Waals surface area contributed by atoms with Crippen LogP contribution in [-0.4, -0.2) is 11.8 Å². The Kier molecular flexibility index (Phi) is 3.48. The van der Waals surface area contributed by atoms with E-state index in [0.29, 0.717) is 5.76 Å². The third-order valence-corrected chi connectivity index (χ3v) is 3.11. The van der Waals surface area contributed by atoms with Gasteiger partial charge in [-0.2, -0.15) is 0 Å². The number of hydrogen-bond donors (Lipinski definition) is 0. The molecule has 1 aliphatic heterocycles. The molecule has 2 aromatic carbocycles. The Morgan fingerprint density at radius 3 is 1.81 bits per heavy atom. The van der Waals surface area contributed by atoms with E-state index in [2.05, 4.69) is 0 Å². The summed E-state index contributed by atoms with van der Waals surface area (Å²) in [6.07, 6.45) is 3.36. The first-order valence-electron chi connectivity index (χ1n) is 6.54. The Bertz CT molecular complexity index is 741. The number of carbonyl (C=O) groups excluding carboxylic acids is 2. The van der Waals surface area contributed by atoms with Crippen LogP contribution >= 0.6 is 0 Å². The lowest BCUT2D eigenvalue weighted by Gasteiger charge is -1.99. The predicted molar refractivity (Wildman–Crippen MR) is 79.9 cm³/mol. The Morgan fingerprint density at radius 1 is 0.714 bits per heavy atom. The molecule has 21 heavy (non-hydrogen) atoms. The number of allylic oxidation sites excluding steroid dienone is 1. The van der Waals surface area contributed by atoms with Crippen molar-refractivity contribution in [2.24, 2.45) is 0 Å². The molecule has 102 valence electrons. The molecule has 3 heteroatoms. The number of ether oxygens (including phenoxy) is 1. The van der Waals surface area contributed by atoms with E-state index in [1.54, 1.807) is 12.2 Å². The number of cyclic esters (lactones) is 1. The molecule has 0 amide bonds. The second-order valence-corrected chi connectivity index (χ2v) is 4.61. The largest absolute Gasteiger partial charge is 0.420 e. The summed E-state index contributed by atoms with van der Waals surface area (Å²) in [5.74, 6) is -1.15. The summed E-state index contributed by atoms with van der Waals surface area (Å²) in [4.78, 5) is 23.4. The van der Waals surface area contributed by atoms with Gasteiger partial charge in [0, 0.05) is 0 Å². The third-order valence-electron chi connectivity index (χ3n) is 3.11. The zero-order valence-electron chi connectivity index (χ0n) is 11.2. The second-order valence-electron chi connectivity index (χ2n) is 4.61. The quantitative estimate of drug-likeness (QED) is 0.480. The van der Waals surface area contributed by atoms with Crippen molar-refractivity contribution in [3.63, 3.8) is 0 Å². The lowest BCUT2D eigenvalue weighted by Crippen LogP contribution is -2.05. The maximum absolute atomic E-state index is 11.9. The van der Waals surface area contributed by atoms with Crippen molar-refractivity contribution in [2.45, 2.75) is 0 Å². The molecule has 3 rings (SSSR count). The fourth-order valence-corrected chi connectivity index (χ4v) is 2.08. The molecule has 0 unspecified atom stereocenters. The maximum atomic E-state index is 11.9. The first-order chi connectivity index (χ1) is 10.2. The molecule has 0 aliphatic carbocycles. The average molecular weight is 276 g/mol. The van der Waals surface area contributed by atoms with Crippen LogP contribution in [0.15, 0.2) is 72.0 Å². The Morgan fingerprint density at radius 2 is 1.24 bits per heavy atom. The molecule has 0 saturated carbocycles. The van der Waals surface area contributed by atoms with E-state index in [1.165, 1.54) is 0 Å². The van der Waals surface area contributed by atoms with Crippen molar-refractivity contribution < 1.29 is 14.3 Å². The minimum absolute atomic E-state index is 0.287. The van der Waals surface area contributed by atoms with Crippen LogP contribution < -0.4 is 0 Å². The number of ketones is 1. The van der Waals surface area contributed by atoms with Crippen molar-refractivity contribution in [3.05, 3.63) is 83.1 Å². The Hall–Kier alpha value is -2.94. The van der Waals surface area contributed by atoms with Gasteiger partial charge in [0.1, 0.15) is 5.76 Å². The molecule has 1 aliphatic rings. The van der Waals surface area contributed by atoms with Gasteiger partial charge in [-0.1, -0.05) is 60.7 Å². The number of hydrogen-bond acceptors (Lipinski definition) is 3. The van der Waals surface area contributed by atoms with Crippen molar-refractivity contribution in [1.29, 1.82) is 0 Å². The number of esters is 1. The van der Waals surface area contributed by atoms with Crippen molar-refractivity contribution in [3.8, 4) is 0 Å². The summed E-state index contributed by atoms with van der Waals surface area (Å²) in [6, 6.07) is 18.8. The van der Waals surface area contributed by atoms with E-state index in [1.807, 2.05) is 60.7 Å². The second kappa shape index (κ2) is 5.59. The molecule has 1 heterocycles. The minimum atomic E-state index is -0.834. The Balaban J connectivity index is 2.03. The normalized spacial score (nSPS) is 18.3. The standard InChI is InChI=1S/C18H12O3/c19-17-15(11-13-7-3-1-4-8-13)16(21-18(17)20)12-14-9-5-2-6-10-14/h1-12H. The first kappa shape index (κ1) is 13.1. The van der Waals surface area contributed by atoms with Crippen LogP contribution in [0.25, 0.3) is 12.2 Å². The number of rotatable bonds is 2. The number of Topliss-reactive ketones (excluding diaryl/α,β-unsaturated/α-hetero) is 1. The molecule has 0 bridgehead atoms. The summed E-state index contributed by atoms with van der Waals surface area (Å²) in [6.45, 7) is 0. The van der Waals surface area contributed by atoms with E-state index in [0.717, 1.165) is 11.1 Å². The zero-order chi connectivity index (χ0) is 14.7. The van der Waals surface area contributed by atoms with E-state index in [4.69, 9.17) is 4.74 Å². The molecule has 2 aromatic rings. The molecule has 1 fully saturated rings. The van der Waals surface area contributed by atoms with Crippen LogP contribution in [0.2, 0.25) is 0 Å². The summed E-state index contributed by atoms with van der Waals surface area (Å²) in [7, 11) is 0. The number of benzene rings is 2. The summed E-state index contributed by atoms with van der Waals surface area (Å²) < 4.78 is 5.07. The zero-order valence-corrected chi connectivity index (χ0v) is 11.2. The molecule has 3 nitrogen and oxygen atoms in total. The van der Waals surface area contributed by atoms with E-state index in [-0.39, 0.29) is 5.57 Å². The molecule has 0 N–H and O–H groups in total. The highest BCUT2D eigenvalue weighted by molar-refractivity contribution is 6.45. The van der Waals surface area contributed by atoms with Crippen LogP contribution in [-0.2, 0) is 14.3 Å². The summed E-state index contributed by atoms with van der Waals surface area (Å²) in [5, 5.41) is 0. The fourth-order valence-electron chi connectivity index (χ4n) is 2.08. The molecular formula is C18H12O3. The molecular weight excluding hydrogens is 264 g/mol. The fraction of sp³-hybridized carbons (Fsp3) is 0. The molecule has 0 atom stereocenters. The van der Waals surface area contributed by atoms with Crippen LogP contribution in [0.3, 0.4) is 0 Å². The monoisotopic (exact) mass is 276 g/mol. The van der Waals surface area contributed by atoms with Gasteiger partial charge in [0.25, 0.3) is 5.78 Å². The molecule has 1 saturated heterocycles. The minimum Gasteiger partial charge on any atom is -0.420 e. The van der Waals surface area contributed by atoms with Gasteiger partial charge < -0.3 is 4.74 Å². The third kappa shape index (κ3) is 2.82. The molecule has 0 aromatic heterocycles. The molecule has 0 radical (unpaired) electrons. The van der Waals surface area contributed by atoms with E-state index in [9.17, 15) is 9.59 Å². The SMILES string of the molecule is O=C1OC(=Cc2ccccc2)C(=Cc2ccccc2)C1=O. The van der Waals surface area contributed by atoms with E-state index >= 15 is 0 Å². The van der Waals surface area contributed by atoms with Gasteiger partial charge in [0.05, 0.1) is 5.57 Å². The van der Waals surface area contributed by atoms with Crippen LogP contribution in [0.1, 0.15) is 11.1 Å². The molecule has 0 spiro atoms. The van der Waals surface area contributed by atoms with Gasteiger partial charge in [-0.05, 0) is 23.3 Å². The van der Waals surface area contributed by atoms with Crippen LogP contribution in [0.5, 0.6) is 0 Å². The van der Waals surface area contributed by atoms with Crippen molar-refractivity contribution in [1.82, 2.24) is 0 Å². The van der Waals surface area contributed by atoms with Gasteiger partial charge in [-0.15, -0.1) is 0 Å². The smallest absolute Gasteiger partial charge is 0.385 e. The topological polar surface area (TPSA) is 43.4 Å². The Labute approximate surface area is 122 Å². The van der Waals surface area contributed by atoms with Gasteiger partial charge in [-0.25, -0.2) is 4.79 Å². The van der Waals surface area contributed by atoms with E-state index < -0.39 is 11.8 Å². The average Bonchev–Trinajstić information content (AvgIpc) is 2.77. The lowest BCUT2D eigenvalue weighted by atomic mass is 10.1. The first-order valence-corrected chi connectivity index (χ1v) is 6.54. The van der Waals surface area contributed by atoms with Crippen LogP contribution in [0.4, 0.5) is 0 Å². The van der Waals surface area contributed by atoms with Gasteiger partial charge in [0.15, 0.2) is 0 Å². The highest BCUT2D eigenvalue weighted by atomic mass is 16.6. The predicted octanol–water partition coefficient (Wildman–Crippen LogP) is 3.24. The van der Waals surface area contributed by atoms with Gasteiger partial charge in [-0.3, -0.25) is 4.79 Å². The van der Waals surface area contributed by atoms with Gasteiger partial charge in [0.2, 0.25) is 0 Å². The summed E-state index contributed by atoms with van der Waals surface area (Å²) >= 11 is 0. The summed E-state index contributed by atoms with van der Waals surface area (Å²) in [5.41, 5.74) is 2.00. The highest BCUT2D eigenvalue weighted by Gasteiger charge is 2.33. The maximum Gasteiger partial charge on any atom is 0.385 e.